The maximum Gasteiger partial charge on any atom is 0.307 e. The van der Waals surface area contributed by atoms with Crippen molar-refractivity contribution >= 4 is 17.5 Å². The number of ether oxygens (including phenoxy) is 1. The quantitative estimate of drug-likeness (QED) is 0.764. The van der Waals surface area contributed by atoms with Crippen molar-refractivity contribution in [3.8, 4) is 0 Å². The monoisotopic (exact) mass is 317 g/mol. The molecule has 0 radical (unpaired) electrons. The van der Waals surface area contributed by atoms with E-state index in [-0.39, 0.29) is 30.8 Å². The first kappa shape index (κ1) is 17.0. The Bertz CT molecular complexity index is 706. The second-order valence-electron chi connectivity index (χ2n) is 5.84. The Morgan fingerprint density at radius 3 is 2.74 bits per heavy atom. The Labute approximate surface area is 136 Å². The van der Waals surface area contributed by atoms with Gasteiger partial charge in [0.2, 0.25) is 5.91 Å². The highest BCUT2D eigenvalue weighted by molar-refractivity contribution is 5.79. The summed E-state index contributed by atoms with van der Waals surface area (Å²) in [4.78, 5) is 30.1. The zero-order valence-corrected chi connectivity index (χ0v) is 14.1. The third-order valence-electron chi connectivity index (χ3n) is 3.79. The molecule has 0 N–H and O–H groups in total. The predicted molar refractivity (Wildman–Crippen MR) is 87.1 cm³/mol. The molecule has 0 atom stereocenters. The summed E-state index contributed by atoms with van der Waals surface area (Å²) in [5, 5.41) is 0. The van der Waals surface area contributed by atoms with E-state index in [2.05, 4.69) is 9.72 Å². The minimum Gasteiger partial charge on any atom is -0.469 e. The number of amides is 1. The third-order valence-corrected chi connectivity index (χ3v) is 3.79. The van der Waals surface area contributed by atoms with Gasteiger partial charge in [0.15, 0.2) is 0 Å². The highest BCUT2D eigenvalue weighted by Crippen LogP contribution is 2.12. The lowest BCUT2D eigenvalue weighted by atomic mass is 10.2. The maximum atomic E-state index is 12.5. The summed E-state index contributed by atoms with van der Waals surface area (Å²) in [6.45, 7) is 6.21. The third kappa shape index (κ3) is 4.09. The van der Waals surface area contributed by atoms with Crippen molar-refractivity contribution in [3.05, 3.63) is 35.8 Å². The van der Waals surface area contributed by atoms with Crippen molar-refractivity contribution in [1.29, 1.82) is 0 Å². The van der Waals surface area contributed by atoms with E-state index in [1.54, 1.807) is 4.90 Å². The van der Waals surface area contributed by atoms with Crippen LogP contribution in [0.2, 0.25) is 0 Å². The number of hydrogen-bond acceptors (Lipinski definition) is 4. The number of pyridine rings is 1. The van der Waals surface area contributed by atoms with Crippen molar-refractivity contribution in [3.63, 3.8) is 0 Å². The molecular weight excluding hydrogens is 294 g/mol. The molecule has 0 saturated carbocycles. The summed E-state index contributed by atoms with van der Waals surface area (Å²) in [7, 11) is 1.35. The van der Waals surface area contributed by atoms with Gasteiger partial charge in [-0.15, -0.1) is 0 Å². The Morgan fingerprint density at radius 1 is 1.39 bits per heavy atom. The number of carbonyl (C=O) groups excluding carboxylic acids is 2. The number of rotatable bonds is 6. The minimum absolute atomic E-state index is 0.0194. The Balaban J connectivity index is 2.10. The lowest BCUT2D eigenvalue weighted by Gasteiger charge is -2.26. The number of esters is 1. The molecule has 6 nitrogen and oxygen atoms in total. The zero-order chi connectivity index (χ0) is 17.0. The number of nitrogens with zero attached hydrogens (tertiary/aromatic N) is 3. The standard InChI is InChI=1S/C17H23N3O3/c1-12(2)20(9-7-16(22)23-4)15(21)10-14-11-19-8-5-6-13(3)17(19)18-14/h5-6,8,11-12H,7,9-10H2,1-4H3. The Hall–Kier alpha value is -2.37. The van der Waals surface area contributed by atoms with Gasteiger partial charge in [-0.05, 0) is 32.4 Å². The molecule has 0 aliphatic heterocycles. The molecule has 6 heteroatoms. The van der Waals surface area contributed by atoms with Crippen LogP contribution in [-0.4, -0.2) is 45.9 Å². The van der Waals surface area contributed by atoms with E-state index in [0.717, 1.165) is 16.9 Å². The van der Waals surface area contributed by atoms with Crippen LogP contribution in [0.15, 0.2) is 24.5 Å². The Morgan fingerprint density at radius 2 is 2.13 bits per heavy atom. The van der Waals surface area contributed by atoms with Gasteiger partial charge in [-0.2, -0.15) is 0 Å². The van der Waals surface area contributed by atoms with Gasteiger partial charge < -0.3 is 14.0 Å². The van der Waals surface area contributed by atoms with E-state index >= 15 is 0 Å². The molecule has 0 saturated heterocycles. The molecule has 0 unspecified atom stereocenters. The van der Waals surface area contributed by atoms with Crippen LogP contribution in [-0.2, 0) is 20.7 Å². The van der Waals surface area contributed by atoms with Crippen LogP contribution < -0.4 is 0 Å². The molecule has 0 aromatic carbocycles. The zero-order valence-electron chi connectivity index (χ0n) is 14.1. The smallest absolute Gasteiger partial charge is 0.307 e. The maximum absolute atomic E-state index is 12.5. The molecular formula is C17H23N3O3. The normalized spacial score (nSPS) is 11.0. The predicted octanol–water partition coefficient (Wildman–Crippen LogP) is 1.99. The molecule has 0 aliphatic carbocycles. The number of aromatic nitrogens is 2. The van der Waals surface area contributed by atoms with Crippen molar-refractivity contribution in [1.82, 2.24) is 14.3 Å². The molecule has 124 valence electrons. The highest BCUT2D eigenvalue weighted by atomic mass is 16.5. The van der Waals surface area contributed by atoms with Gasteiger partial charge in [0.05, 0.1) is 25.6 Å². The van der Waals surface area contributed by atoms with Gasteiger partial charge in [0.25, 0.3) is 0 Å². The van der Waals surface area contributed by atoms with Crippen LogP contribution >= 0.6 is 0 Å². The summed E-state index contributed by atoms with van der Waals surface area (Å²) >= 11 is 0. The van der Waals surface area contributed by atoms with Gasteiger partial charge in [0, 0.05) is 25.0 Å². The molecule has 2 heterocycles. The number of hydrogen-bond donors (Lipinski definition) is 0. The van der Waals surface area contributed by atoms with Crippen molar-refractivity contribution in [2.75, 3.05) is 13.7 Å². The summed E-state index contributed by atoms with van der Waals surface area (Å²) in [6, 6.07) is 3.96. The minimum atomic E-state index is -0.313. The van der Waals surface area contributed by atoms with E-state index in [4.69, 9.17) is 0 Å². The van der Waals surface area contributed by atoms with Gasteiger partial charge in [-0.25, -0.2) is 4.98 Å². The van der Waals surface area contributed by atoms with Gasteiger partial charge >= 0.3 is 5.97 Å². The van der Waals surface area contributed by atoms with Crippen LogP contribution in [0.1, 0.15) is 31.5 Å². The van der Waals surface area contributed by atoms with Gasteiger partial charge in [-0.3, -0.25) is 9.59 Å². The summed E-state index contributed by atoms with van der Waals surface area (Å²) in [6.07, 6.45) is 4.21. The number of aryl methyl sites for hydroxylation is 1. The van der Waals surface area contributed by atoms with E-state index in [1.807, 2.05) is 49.7 Å². The fraction of sp³-hybridized carbons (Fsp3) is 0.471. The van der Waals surface area contributed by atoms with Crippen LogP contribution in [0.4, 0.5) is 0 Å². The molecule has 0 bridgehead atoms. The van der Waals surface area contributed by atoms with Crippen LogP contribution in [0, 0.1) is 6.92 Å². The molecule has 2 aromatic rings. The first-order chi connectivity index (χ1) is 10.9. The molecule has 2 aromatic heterocycles. The molecule has 2 rings (SSSR count). The first-order valence-corrected chi connectivity index (χ1v) is 7.72. The van der Waals surface area contributed by atoms with Gasteiger partial charge in [-0.1, -0.05) is 6.07 Å². The molecule has 23 heavy (non-hydrogen) atoms. The second kappa shape index (κ2) is 7.26. The Kier molecular flexibility index (Phi) is 5.36. The van der Waals surface area contributed by atoms with Crippen LogP contribution in [0.3, 0.4) is 0 Å². The highest BCUT2D eigenvalue weighted by Gasteiger charge is 2.19. The lowest BCUT2D eigenvalue weighted by Crippen LogP contribution is -2.39. The fourth-order valence-corrected chi connectivity index (χ4v) is 2.53. The summed E-state index contributed by atoms with van der Waals surface area (Å²) in [5.74, 6) is -0.350. The molecule has 0 aliphatic rings. The molecule has 1 amide bonds. The van der Waals surface area contributed by atoms with E-state index < -0.39 is 0 Å². The number of carbonyl (C=O) groups is 2. The van der Waals surface area contributed by atoms with Crippen LogP contribution in [0.25, 0.3) is 5.65 Å². The molecule has 0 fully saturated rings. The van der Waals surface area contributed by atoms with Crippen molar-refractivity contribution in [2.45, 2.75) is 39.7 Å². The van der Waals surface area contributed by atoms with E-state index in [0.29, 0.717) is 6.54 Å². The topological polar surface area (TPSA) is 63.9 Å². The first-order valence-electron chi connectivity index (χ1n) is 7.72. The van der Waals surface area contributed by atoms with Gasteiger partial charge in [0.1, 0.15) is 5.65 Å². The number of methoxy groups -OCH3 is 1. The number of imidazole rings is 1. The average molecular weight is 317 g/mol. The number of fused-ring (bicyclic) bond motifs is 1. The lowest BCUT2D eigenvalue weighted by molar-refractivity contribution is -0.142. The van der Waals surface area contributed by atoms with Crippen molar-refractivity contribution < 1.29 is 14.3 Å². The average Bonchev–Trinajstić information content (AvgIpc) is 2.90. The summed E-state index contributed by atoms with van der Waals surface area (Å²) in [5.41, 5.74) is 2.66. The van der Waals surface area contributed by atoms with Crippen molar-refractivity contribution in [2.24, 2.45) is 0 Å². The van der Waals surface area contributed by atoms with E-state index in [1.165, 1.54) is 7.11 Å². The van der Waals surface area contributed by atoms with E-state index in [9.17, 15) is 9.59 Å². The second-order valence-corrected chi connectivity index (χ2v) is 5.84. The molecule has 0 spiro atoms. The fourth-order valence-electron chi connectivity index (χ4n) is 2.53. The SMILES string of the molecule is COC(=O)CCN(C(=O)Cc1cn2cccc(C)c2n1)C(C)C. The van der Waals surface area contributed by atoms with Crippen LogP contribution in [0.5, 0.6) is 0 Å². The summed E-state index contributed by atoms with van der Waals surface area (Å²) < 4.78 is 6.56. The largest absolute Gasteiger partial charge is 0.469 e.